The maximum Gasteiger partial charge on any atom is 0.171 e. The molecule has 2 heterocycles. The highest BCUT2D eigenvalue weighted by atomic mass is 35.5. The molecule has 0 N–H and O–H groups in total. The standard InChI is InChI=1S/C13H12ClN3S/c1-18-13-16-11(14)7-12-15-8-10(17(12)13)9-5-3-2-4-6-9/h2-7,10H,8H2,1H3. The molecule has 0 radical (unpaired) electrons. The van der Waals surface area contributed by atoms with Crippen LogP contribution in [0, 0.1) is 0 Å². The van der Waals surface area contributed by atoms with Gasteiger partial charge >= 0.3 is 0 Å². The molecule has 1 unspecified atom stereocenters. The number of benzene rings is 1. The Morgan fingerprint density at radius 1 is 1.33 bits per heavy atom. The Morgan fingerprint density at radius 2 is 2.11 bits per heavy atom. The Bertz CT molecular complexity index is 551. The Morgan fingerprint density at radius 3 is 2.83 bits per heavy atom. The van der Waals surface area contributed by atoms with E-state index in [1.807, 2.05) is 18.4 Å². The zero-order valence-electron chi connectivity index (χ0n) is 9.88. The number of fused-ring (bicyclic) bond motifs is 1. The molecule has 0 aliphatic carbocycles. The summed E-state index contributed by atoms with van der Waals surface area (Å²) in [6, 6.07) is 10.6. The number of aliphatic imine (C=N–C) groups is 2. The summed E-state index contributed by atoms with van der Waals surface area (Å²) >= 11 is 7.60. The van der Waals surface area contributed by atoms with E-state index in [9.17, 15) is 0 Å². The molecule has 5 heteroatoms. The van der Waals surface area contributed by atoms with E-state index in [1.54, 1.807) is 11.8 Å². The normalized spacial score (nSPS) is 22.2. The van der Waals surface area contributed by atoms with Crippen LogP contribution >= 0.6 is 23.4 Å². The van der Waals surface area contributed by atoms with E-state index in [-0.39, 0.29) is 6.04 Å². The van der Waals surface area contributed by atoms with Gasteiger partial charge in [-0.15, -0.1) is 0 Å². The zero-order valence-corrected chi connectivity index (χ0v) is 11.4. The number of hydrogen-bond donors (Lipinski definition) is 0. The van der Waals surface area contributed by atoms with Crippen molar-refractivity contribution in [3.8, 4) is 0 Å². The van der Waals surface area contributed by atoms with Gasteiger partial charge in [0.15, 0.2) is 5.17 Å². The molecule has 0 saturated carbocycles. The van der Waals surface area contributed by atoms with Crippen LogP contribution in [0.25, 0.3) is 0 Å². The average Bonchev–Trinajstić information content (AvgIpc) is 2.82. The number of amidine groups is 2. The van der Waals surface area contributed by atoms with E-state index in [2.05, 4.69) is 39.2 Å². The van der Waals surface area contributed by atoms with Gasteiger partial charge < -0.3 is 0 Å². The lowest BCUT2D eigenvalue weighted by molar-refractivity contribution is 0.504. The average molecular weight is 278 g/mol. The monoisotopic (exact) mass is 277 g/mol. The molecule has 1 aromatic rings. The van der Waals surface area contributed by atoms with Gasteiger partial charge in [-0.2, -0.15) is 0 Å². The number of rotatable bonds is 1. The Balaban J connectivity index is 1.98. The van der Waals surface area contributed by atoms with Gasteiger partial charge in [0.1, 0.15) is 11.0 Å². The van der Waals surface area contributed by atoms with Crippen LogP contribution < -0.4 is 0 Å². The lowest BCUT2D eigenvalue weighted by Crippen LogP contribution is -2.36. The zero-order chi connectivity index (χ0) is 12.5. The van der Waals surface area contributed by atoms with Crippen molar-refractivity contribution in [1.29, 1.82) is 0 Å². The SMILES string of the molecule is CSC1=NC(Cl)=CC2=NCC(c3ccccc3)N21. The lowest BCUT2D eigenvalue weighted by Gasteiger charge is -2.29. The van der Waals surface area contributed by atoms with Crippen molar-refractivity contribution >= 4 is 34.4 Å². The minimum absolute atomic E-state index is 0.230. The van der Waals surface area contributed by atoms with Crippen molar-refractivity contribution in [2.24, 2.45) is 9.98 Å². The first kappa shape index (κ1) is 11.8. The van der Waals surface area contributed by atoms with Gasteiger partial charge in [0.2, 0.25) is 0 Å². The van der Waals surface area contributed by atoms with Crippen molar-refractivity contribution in [2.45, 2.75) is 6.04 Å². The fourth-order valence-corrected chi connectivity index (χ4v) is 3.04. The molecule has 1 atom stereocenters. The molecule has 1 aromatic carbocycles. The molecule has 2 aliphatic heterocycles. The predicted molar refractivity (Wildman–Crippen MR) is 78.2 cm³/mol. The van der Waals surface area contributed by atoms with Crippen LogP contribution in [0.5, 0.6) is 0 Å². The van der Waals surface area contributed by atoms with Crippen molar-refractivity contribution in [2.75, 3.05) is 12.8 Å². The first-order chi connectivity index (χ1) is 8.79. The summed E-state index contributed by atoms with van der Waals surface area (Å²) in [5.41, 5.74) is 1.25. The van der Waals surface area contributed by atoms with Gasteiger partial charge in [-0.1, -0.05) is 53.7 Å². The maximum atomic E-state index is 6.00. The van der Waals surface area contributed by atoms with Gasteiger partial charge in [-0.05, 0) is 11.8 Å². The minimum Gasteiger partial charge on any atom is -0.296 e. The molecule has 0 spiro atoms. The third-order valence-electron chi connectivity index (χ3n) is 3.01. The van der Waals surface area contributed by atoms with E-state index >= 15 is 0 Å². The molecule has 3 nitrogen and oxygen atoms in total. The highest BCUT2D eigenvalue weighted by Gasteiger charge is 2.33. The summed E-state index contributed by atoms with van der Waals surface area (Å²) in [7, 11) is 0. The Labute approximate surface area is 115 Å². The molecule has 2 aliphatic rings. The quantitative estimate of drug-likeness (QED) is 0.737. The van der Waals surface area contributed by atoms with Crippen LogP contribution in [0.1, 0.15) is 11.6 Å². The van der Waals surface area contributed by atoms with Crippen LogP contribution in [0.15, 0.2) is 51.5 Å². The molecule has 3 rings (SSSR count). The highest BCUT2D eigenvalue weighted by Crippen LogP contribution is 2.33. The second-order valence-corrected chi connectivity index (χ2v) is 5.22. The molecule has 0 fully saturated rings. The van der Waals surface area contributed by atoms with E-state index in [1.165, 1.54) is 5.56 Å². The smallest absolute Gasteiger partial charge is 0.171 e. The maximum absolute atomic E-state index is 6.00. The van der Waals surface area contributed by atoms with E-state index in [4.69, 9.17) is 11.6 Å². The predicted octanol–water partition coefficient (Wildman–Crippen LogP) is 3.25. The second-order valence-electron chi connectivity index (χ2n) is 4.06. The third-order valence-corrected chi connectivity index (χ3v) is 3.86. The van der Waals surface area contributed by atoms with Crippen molar-refractivity contribution in [3.63, 3.8) is 0 Å². The van der Waals surface area contributed by atoms with Crippen LogP contribution in [0.2, 0.25) is 0 Å². The second kappa shape index (κ2) is 4.78. The van der Waals surface area contributed by atoms with Crippen LogP contribution in [0.3, 0.4) is 0 Å². The summed E-state index contributed by atoms with van der Waals surface area (Å²) in [6.07, 6.45) is 3.83. The molecular weight excluding hydrogens is 266 g/mol. The number of nitrogens with zero attached hydrogens (tertiary/aromatic N) is 3. The number of thioether (sulfide) groups is 1. The number of hydrogen-bond acceptors (Lipinski definition) is 4. The minimum atomic E-state index is 0.230. The molecule has 0 aromatic heterocycles. The van der Waals surface area contributed by atoms with E-state index in [0.29, 0.717) is 5.16 Å². The molecule has 0 saturated heterocycles. The van der Waals surface area contributed by atoms with Crippen LogP contribution in [-0.2, 0) is 0 Å². The Hall–Kier alpha value is -1.26. The first-order valence-electron chi connectivity index (χ1n) is 5.68. The molecule has 92 valence electrons. The summed E-state index contributed by atoms with van der Waals surface area (Å²) in [4.78, 5) is 11.1. The molecule has 18 heavy (non-hydrogen) atoms. The fourth-order valence-electron chi connectivity index (χ4n) is 2.20. The van der Waals surface area contributed by atoms with E-state index < -0.39 is 0 Å². The van der Waals surface area contributed by atoms with Gasteiger partial charge in [0.05, 0.1) is 12.6 Å². The fraction of sp³-hybridized carbons (Fsp3) is 0.231. The topological polar surface area (TPSA) is 28.0 Å². The lowest BCUT2D eigenvalue weighted by atomic mass is 10.1. The number of halogens is 1. The van der Waals surface area contributed by atoms with Gasteiger partial charge in [0, 0.05) is 6.08 Å². The van der Waals surface area contributed by atoms with Crippen molar-refractivity contribution in [3.05, 3.63) is 47.1 Å². The van der Waals surface area contributed by atoms with Gasteiger partial charge in [0.25, 0.3) is 0 Å². The van der Waals surface area contributed by atoms with Crippen LogP contribution in [-0.4, -0.2) is 28.7 Å². The summed E-state index contributed by atoms with van der Waals surface area (Å²) < 4.78 is 0. The molecule has 0 bridgehead atoms. The third kappa shape index (κ3) is 1.95. The molecule has 0 amide bonds. The summed E-state index contributed by atoms with van der Waals surface area (Å²) in [5.74, 6) is 0.910. The van der Waals surface area contributed by atoms with E-state index in [0.717, 1.165) is 17.5 Å². The molecular formula is C13H12ClN3S. The highest BCUT2D eigenvalue weighted by molar-refractivity contribution is 8.13. The summed E-state index contributed by atoms with van der Waals surface area (Å²) in [6.45, 7) is 0.750. The summed E-state index contributed by atoms with van der Waals surface area (Å²) in [5, 5.41) is 1.41. The van der Waals surface area contributed by atoms with Crippen LogP contribution in [0.4, 0.5) is 0 Å². The van der Waals surface area contributed by atoms with Crippen molar-refractivity contribution < 1.29 is 0 Å². The largest absolute Gasteiger partial charge is 0.296 e. The van der Waals surface area contributed by atoms with Gasteiger partial charge in [-0.25, -0.2) is 4.99 Å². The Kier molecular flexibility index (Phi) is 3.14. The van der Waals surface area contributed by atoms with Gasteiger partial charge in [-0.3, -0.25) is 9.89 Å². The van der Waals surface area contributed by atoms with Crippen molar-refractivity contribution in [1.82, 2.24) is 4.90 Å². The first-order valence-corrected chi connectivity index (χ1v) is 7.28.